The predicted molar refractivity (Wildman–Crippen MR) is 113 cm³/mol. The van der Waals surface area contributed by atoms with Gasteiger partial charge >= 0.3 is 0 Å². The SMILES string of the molecule is C#CCn1c(=NC(=O)C=Cc2ccccc2Cl)sc2cc(OC)c(OC)cc21. The number of benzene rings is 2. The van der Waals surface area contributed by atoms with E-state index in [-0.39, 0.29) is 6.54 Å². The molecule has 3 rings (SSSR count). The Kier molecular flexibility index (Phi) is 6.19. The molecule has 142 valence electrons. The molecule has 0 aliphatic carbocycles. The quantitative estimate of drug-likeness (QED) is 0.467. The maximum Gasteiger partial charge on any atom is 0.272 e. The van der Waals surface area contributed by atoms with Crippen molar-refractivity contribution in [3.8, 4) is 23.8 Å². The van der Waals surface area contributed by atoms with Gasteiger partial charge in [-0.05, 0) is 17.7 Å². The summed E-state index contributed by atoms with van der Waals surface area (Å²) in [7, 11) is 3.14. The van der Waals surface area contributed by atoms with Crippen LogP contribution in [0.4, 0.5) is 0 Å². The lowest BCUT2D eigenvalue weighted by Gasteiger charge is -2.08. The summed E-state index contributed by atoms with van der Waals surface area (Å²) in [5.41, 5.74) is 1.57. The molecule has 1 heterocycles. The van der Waals surface area contributed by atoms with Crippen molar-refractivity contribution >= 4 is 45.1 Å². The molecule has 0 radical (unpaired) electrons. The Labute approximate surface area is 171 Å². The molecule has 3 aromatic rings. The predicted octanol–water partition coefficient (Wildman–Crippen LogP) is 4.15. The fourth-order valence-electron chi connectivity index (χ4n) is 2.63. The second-order valence-corrected chi connectivity index (χ2v) is 7.07. The summed E-state index contributed by atoms with van der Waals surface area (Å²) in [6.07, 6.45) is 8.53. The summed E-state index contributed by atoms with van der Waals surface area (Å²) in [4.78, 5) is 17.1. The van der Waals surface area contributed by atoms with Gasteiger partial charge in [-0.25, -0.2) is 0 Å². The van der Waals surface area contributed by atoms with Crippen LogP contribution in [0.1, 0.15) is 5.56 Å². The van der Waals surface area contributed by atoms with Gasteiger partial charge in [0.2, 0.25) is 0 Å². The van der Waals surface area contributed by atoms with E-state index >= 15 is 0 Å². The molecule has 0 saturated carbocycles. The first-order valence-electron chi connectivity index (χ1n) is 8.27. The highest BCUT2D eigenvalue weighted by molar-refractivity contribution is 7.16. The standard InChI is InChI=1S/C21H17ClN2O3S/c1-4-11-24-16-12-17(26-2)18(27-3)13-19(16)28-21(24)23-20(25)10-9-14-7-5-6-8-15(14)22/h1,5-10,12-13H,11H2,2-3H3. The lowest BCUT2D eigenvalue weighted by atomic mass is 10.2. The first kappa shape index (κ1) is 19.7. The van der Waals surface area contributed by atoms with Gasteiger partial charge in [-0.2, -0.15) is 4.99 Å². The molecule has 0 fully saturated rings. The molecule has 0 spiro atoms. The molecule has 5 nitrogen and oxygen atoms in total. The molecule has 0 atom stereocenters. The average Bonchev–Trinajstić information content (AvgIpc) is 3.02. The highest BCUT2D eigenvalue weighted by atomic mass is 35.5. The van der Waals surface area contributed by atoms with Gasteiger partial charge in [0.25, 0.3) is 5.91 Å². The molecule has 0 unspecified atom stereocenters. The van der Waals surface area contributed by atoms with E-state index in [0.29, 0.717) is 21.3 Å². The van der Waals surface area contributed by atoms with Gasteiger partial charge in [-0.15, -0.1) is 6.42 Å². The van der Waals surface area contributed by atoms with Gasteiger partial charge in [-0.3, -0.25) is 4.79 Å². The Morgan fingerprint density at radius 1 is 1.29 bits per heavy atom. The first-order valence-corrected chi connectivity index (χ1v) is 9.47. The Hall–Kier alpha value is -3.01. The molecule has 1 amide bonds. The van der Waals surface area contributed by atoms with Gasteiger partial charge in [0, 0.05) is 23.2 Å². The van der Waals surface area contributed by atoms with Crippen LogP contribution in [0.3, 0.4) is 0 Å². The van der Waals surface area contributed by atoms with E-state index in [9.17, 15) is 4.79 Å². The van der Waals surface area contributed by atoms with Gasteiger partial charge in [0.1, 0.15) is 0 Å². The molecule has 0 aliphatic rings. The zero-order chi connectivity index (χ0) is 20.1. The summed E-state index contributed by atoms with van der Waals surface area (Å²) in [6.45, 7) is 0.274. The number of carbonyl (C=O) groups is 1. The van der Waals surface area contributed by atoms with E-state index in [2.05, 4.69) is 10.9 Å². The Morgan fingerprint density at radius 2 is 2.00 bits per heavy atom. The number of rotatable bonds is 5. The largest absolute Gasteiger partial charge is 0.493 e. The van der Waals surface area contributed by atoms with Gasteiger partial charge in [0.15, 0.2) is 16.3 Å². The zero-order valence-electron chi connectivity index (χ0n) is 15.3. The van der Waals surface area contributed by atoms with Crippen LogP contribution in [-0.2, 0) is 11.3 Å². The zero-order valence-corrected chi connectivity index (χ0v) is 16.9. The van der Waals surface area contributed by atoms with E-state index < -0.39 is 5.91 Å². The minimum absolute atomic E-state index is 0.274. The second kappa shape index (κ2) is 8.79. The number of aromatic nitrogens is 1. The molecule has 0 bridgehead atoms. The number of fused-ring (bicyclic) bond motifs is 1. The van der Waals surface area contributed by atoms with Crippen LogP contribution >= 0.6 is 22.9 Å². The number of amides is 1. The van der Waals surface area contributed by atoms with E-state index in [1.54, 1.807) is 30.9 Å². The molecule has 2 aromatic carbocycles. The second-order valence-electron chi connectivity index (χ2n) is 5.65. The van der Waals surface area contributed by atoms with Crippen molar-refractivity contribution < 1.29 is 14.3 Å². The Bertz CT molecular complexity index is 1170. The molecule has 0 aliphatic heterocycles. The molecule has 1 aromatic heterocycles. The summed E-state index contributed by atoms with van der Waals surface area (Å²) >= 11 is 7.45. The third kappa shape index (κ3) is 4.11. The molecule has 0 N–H and O–H groups in total. The summed E-state index contributed by atoms with van der Waals surface area (Å²) < 4.78 is 13.4. The van der Waals surface area contributed by atoms with Crippen LogP contribution in [-0.4, -0.2) is 24.7 Å². The highest BCUT2D eigenvalue weighted by Crippen LogP contribution is 2.33. The monoisotopic (exact) mass is 412 g/mol. The van der Waals surface area contributed by atoms with Crippen LogP contribution in [0, 0.1) is 12.3 Å². The number of nitrogens with zero attached hydrogens (tertiary/aromatic N) is 2. The number of ether oxygens (including phenoxy) is 2. The number of hydrogen-bond acceptors (Lipinski definition) is 4. The third-order valence-electron chi connectivity index (χ3n) is 3.95. The summed E-state index contributed by atoms with van der Waals surface area (Å²) in [5, 5.41) is 0.565. The van der Waals surface area contributed by atoms with E-state index in [1.807, 2.05) is 30.3 Å². The highest BCUT2D eigenvalue weighted by Gasteiger charge is 2.12. The number of methoxy groups -OCH3 is 2. The number of carbonyl (C=O) groups excluding carboxylic acids is 1. The number of halogens is 1. The smallest absolute Gasteiger partial charge is 0.272 e. The minimum atomic E-state index is -0.406. The van der Waals surface area contributed by atoms with Crippen LogP contribution in [0.15, 0.2) is 47.5 Å². The van der Waals surface area contributed by atoms with Crippen LogP contribution in [0.2, 0.25) is 5.02 Å². The number of thiazole rings is 1. The van der Waals surface area contributed by atoms with Crippen LogP contribution < -0.4 is 14.3 Å². The fourth-order valence-corrected chi connectivity index (χ4v) is 3.87. The van der Waals surface area contributed by atoms with Gasteiger partial charge in [-0.1, -0.05) is 47.1 Å². The normalized spacial score (nSPS) is 11.7. The topological polar surface area (TPSA) is 52.8 Å². The molecular formula is C21H17ClN2O3S. The molecule has 28 heavy (non-hydrogen) atoms. The summed E-state index contributed by atoms with van der Waals surface area (Å²) in [6, 6.07) is 10.9. The molecular weight excluding hydrogens is 396 g/mol. The minimum Gasteiger partial charge on any atom is -0.493 e. The molecule has 0 saturated heterocycles. The van der Waals surface area contributed by atoms with Gasteiger partial charge in [0.05, 0.1) is 31.0 Å². The van der Waals surface area contributed by atoms with Crippen LogP contribution in [0.5, 0.6) is 11.5 Å². The van der Waals surface area contributed by atoms with Crippen LogP contribution in [0.25, 0.3) is 16.3 Å². The van der Waals surface area contributed by atoms with Crippen molar-refractivity contribution in [2.24, 2.45) is 4.99 Å². The maximum atomic E-state index is 12.4. The average molecular weight is 413 g/mol. The van der Waals surface area contributed by atoms with Crippen molar-refractivity contribution in [1.29, 1.82) is 0 Å². The number of hydrogen-bond donors (Lipinski definition) is 0. The number of terminal acetylenes is 1. The van der Waals surface area contributed by atoms with E-state index in [0.717, 1.165) is 15.8 Å². The van der Waals surface area contributed by atoms with Crippen molar-refractivity contribution in [1.82, 2.24) is 4.57 Å². The lowest BCUT2D eigenvalue weighted by Crippen LogP contribution is -2.15. The molecule has 7 heteroatoms. The van der Waals surface area contributed by atoms with Crippen molar-refractivity contribution in [3.05, 3.63) is 57.9 Å². The first-order chi connectivity index (χ1) is 13.6. The van der Waals surface area contributed by atoms with Crippen molar-refractivity contribution in [3.63, 3.8) is 0 Å². The van der Waals surface area contributed by atoms with Crippen molar-refractivity contribution in [2.45, 2.75) is 6.54 Å². The van der Waals surface area contributed by atoms with E-state index in [1.165, 1.54) is 17.4 Å². The maximum absolute atomic E-state index is 12.4. The summed E-state index contributed by atoms with van der Waals surface area (Å²) in [5.74, 6) is 3.37. The third-order valence-corrected chi connectivity index (χ3v) is 5.34. The fraction of sp³-hybridized carbons (Fsp3) is 0.143. The van der Waals surface area contributed by atoms with Gasteiger partial charge < -0.3 is 14.0 Å². The Balaban J connectivity index is 2.06. The van der Waals surface area contributed by atoms with E-state index in [4.69, 9.17) is 27.5 Å². The lowest BCUT2D eigenvalue weighted by molar-refractivity contribution is -0.113. The Morgan fingerprint density at radius 3 is 2.68 bits per heavy atom. The van der Waals surface area contributed by atoms with Crippen molar-refractivity contribution in [2.75, 3.05) is 14.2 Å².